The molecule has 0 aromatic heterocycles. The molecule has 2 unspecified atom stereocenters. The fourth-order valence-electron chi connectivity index (χ4n) is 2.22. The first-order valence-electron chi connectivity index (χ1n) is 5.99. The zero-order valence-electron chi connectivity index (χ0n) is 10.2. The Balaban J connectivity index is 2.25. The first kappa shape index (κ1) is 12.0. The lowest BCUT2D eigenvalue weighted by Gasteiger charge is -2.34. The van der Waals surface area contributed by atoms with Crippen LogP contribution in [0, 0.1) is 5.92 Å². The first-order chi connectivity index (χ1) is 6.59. The Morgan fingerprint density at radius 3 is 2.57 bits per heavy atom. The van der Waals surface area contributed by atoms with E-state index in [-0.39, 0.29) is 0 Å². The van der Waals surface area contributed by atoms with Crippen LogP contribution in [0.25, 0.3) is 0 Å². The fourth-order valence-corrected chi connectivity index (χ4v) is 2.22. The SMILES string of the molecule is CC(C)CNC1CCCC(N(C)C)C1. The van der Waals surface area contributed by atoms with Gasteiger partial charge in [0, 0.05) is 12.1 Å². The van der Waals surface area contributed by atoms with Crippen LogP contribution in [-0.4, -0.2) is 37.6 Å². The molecule has 1 rings (SSSR count). The number of hydrogen-bond acceptors (Lipinski definition) is 2. The Hall–Kier alpha value is -0.0800. The normalized spacial score (nSPS) is 28.7. The molecule has 0 aliphatic heterocycles. The third-order valence-corrected chi connectivity index (χ3v) is 3.19. The molecule has 0 aromatic carbocycles. The van der Waals surface area contributed by atoms with Crippen molar-refractivity contribution in [2.45, 2.75) is 51.6 Å². The zero-order valence-corrected chi connectivity index (χ0v) is 10.2. The van der Waals surface area contributed by atoms with Crippen LogP contribution in [0.3, 0.4) is 0 Å². The summed E-state index contributed by atoms with van der Waals surface area (Å²) in [4.78, 5) is 2.38. The molecular formula is C12H26N2. The Labute approximate surface area is 89.1 Å². The average Bonchev–Trinajstić information content (AvgIpc) is 2.15. The van der Waals surface area contributed by atoms with Crippen molar-refractivity contribution in [3.8, 4) is 0 Å². The smallest absolute Gasteiger partial charge is 0.0104 e. The van der Waals surface area contributed by atoms with Gasteiger partial charge in [0.25, 0.3) is 0 Å². The van der Waals surface area contributed by atoms with Gasteiger partial charge in [0.2, 0.25) is 0 Å². The average molecular weight is 198 g/mol. The second-order valence-corrected chi connectivity index (χ2v) is 5.28. The van der Waals surface area contributed by atoms with E-state index in [9.17, 15) is 0 Å². The largest absolute Gasteiger partial charge is 0.314 e. The van der Waals surface area contributed by atoms with Gasteiger partial charge in [0.1, 0.15) is 0 Å². The summed E-state index contributed by atoms with van der Waals surface area (Å²) in [6.45, 7) is 5.73. The van der Waals surface area contributed by atoms with E-state index in [1.807, 2.05) is 0 Å². The van der Waals surface area contributed by atoms with E-state index >= 15 is 0 Å². The van der Waals surface area contributed by atoms with Gasteiger partial charge in [-0.05, 0) is 45.8 Å². The molecule has 0 aromatic rings. The second-order valence-electron chi connectivity index (χ2n) is 5.28. The third kappa shape index (κ3) is 3.97. The maximum Gasteiger partial charge on any atom is 0.0104 e. The summed E-state index contributed by atoms with van der Waals surface area (Å²) < 4.78 is 0. The van der Waals surface area contributed by atoms with Gasteiger partial charge in [0.05, 0.1) is 0 Å². The van der Waals surface area contributed by atoms with E-state index in [0.29, 0.717) is 0 Å². The minimum absolute atomic E-state index is 0.763. The highest BCUT2D eigenvalue weighted by atomic mass is 15.1. The van der Waals surface area contributed by atoms with E-state index in [1.165, 1.54) is 32.2 Å². The Kier molecular flexibility index (Phi) is 4.90. The van der Waals surface area contributed by atoms with E-state index in [4.69, 9.17) is 0 Å². The number of nitrogens with zero attached hydrogens (tertiary/aromatic N) is 1. The summed E-state index contributed by atoms with van der Waals surface area (Å²) >= 11 is 0. The molecule has 2 atom stereocenters. The van der Waals surface area contributed by atoms with Crippen molar-refractivity contribution in [3.63, 3.8) is 0 Å². The van der Waals surface area contributed by atoms with Crippen molar-refractivity contribution in [3.05, 3.63) is 0 Å². The molecule has 1 N–H and O–H groups in total. The van der Waals surface area contributed by atoms with Crippen LogP contribution >= 0.6 is 0 Å². The molecule has 14 heavy (non-hydrogen) atoms. The molecule has 0 heterocycles. The summed E-state index contributed by atoms with van der Waals surface area (Å²) in [5.74, 6) is 0.773. The summed E-state index contributed by atoms with van der Waals surface area (Å²) in [5, 5.41) is 3.68. The molecule has 2 nitrogen and oxygen atoms in total. The monoisotopic (exact) mass is 198 g/mol. The number of nitrogens with one attached hydrogen (secondary N) is 1. The predicted molar refractivity (Wildman–Crippen MR) is 62.6 cm³/mol. The van der Waals surface area contributed by atoms with Crippen molar-refractivity contribution < 1.29 is 0 Å². The van der Waals surface area contributed by atoms with Gasteiger partial charge >= 0.3 is 0 Å². The van der Waals surface area contributed by atoms with Crippen molar-refractivity contribution in [1.82, 2.24) is 10.2 Å². The standard InChI is InChI=1S/C12H26N2/c1-10(2)9-13-11-6-5-7-12(8-11)14(3)4/h10-13H,5-9H2,1-4H3. The summed E-state index contributed by atoms with van der Waals surface area (Å²) in [7, 11) is 4.41. The van der Waals surface area contributed by atoms with Crippen LogP contribution in [0.4, 0.5) is 0 Å². The predicted octanol–water partition coefficient (Wildman–Crippen LogP) is 2.10. The molecule has 0 radical (unpaired) electrons. The van der Waals surface area contributed by atoms with Crippen LogP contribution in [0.15, 0.2) is 0 Å². The van der Waals surface area contributed by atoms with E-state index in [2.05, 4.69) is 38.2 Å². The van der Waals surface area contributed by atoms with Gasteiger partial charge < -0.3 is 10.2 Å². The molecule has 0 spiro atoms. The van der Waals surface area contributed by atoms with Crippen molar-refractivity contribution in [2.75, 3.05) is 20.6 Å². The molecule has 2 heteroatoms. The first-order valence-corrected chi connectivity index (χ1v) is 5.99. The van der Waals surface area contributed by atoms with Gasteiger partial charge in [-0.1, -0.05) is 20.3 Å². The molecule has 84 valence electrons. The quantitative estimate of drug-likeness (QED) is 0.744. The van der Waals surface area contributed by atoms with Crippen molar-refractivity contribution >= 4 is 0 Å². The maximum atomic E-state index is 3.68. The van der Waals surface area contributed by atoms with Crippen LogP contribution < -0.4 is 5.32 Å². The Bertz CT molecular complexity index is 154. The maximum absolute atomic E-state index is 3.68. The van der Waals surface area contributed by atoms with E-state index < -0.39 is 0 Å². The van der Waals surface area contributed by atoms with E-state index in [1.54, 1.807) is 0 Å². The van der Waals surface area contributed by atoms with Crippen molar-refractivity contribution in [1.29, 1.82) is 0 Å². The highest BCUT2D eigenvalue weighted by Gasteiger charge is 2.22. The molecule has 1 aliphatic carbocycles. The zero-order chi connectivity index (χ0) is 10.6. The van der Waals surface area contributed by atoms with Gasteiger partial charge in [-0.3, -0.25) is 0 Å². The molecular weight excluding hydrogens is 172 g/mol. The topological polar surface area (TPSA) is 15.3 Å². The fraction of sp³-hybridized carbons (Fsp3) is 1.00. The van der Waals surface area contributed by atoms with Crippen LogP contribution in [-0.2, 0) is 0 Å². The molecule has 1 fully saturated rings. The van der Waals surface area contributed by atoms with Gasteiger partial charge in [0.15, 0.2) is 0 Å². The van der Waals surface area contributed by atoms with Gasteiger partial charge in [-0.15, -0.1) is 0 Å². The van der Waals surface area contributed by atoms with Crippen molar-refractivity contribution in [2.24, 2.45) is 5.92 Å². The lowest BCUT2D eigenvalue weighted by Crippen LogP contribution is -2.42. The highest BCUT2D eigenvalue weighted by molar-refractivity contribution is 4.81. The summed E-state index contributed by atoms with van der Waals surface area (Å²) in [6.07, 6.45) is 5.47. The molecule has 1 aliphatic rings. The summed E-state index contributed by atoms with van der Waals surface area (Å²) in [5.41, 5.74) is 0. The number of rotatable bonds is 4. The van der Waals surface area contributed by atoms with Gasteiger partial charge in [-0.2, -0.15) is 0 Å². The summed E-state index contributed by atoms with van der Waals surface area (Å²) in [6, 6.07) is 1.56. The lowest BCUT2D eigenvalue weighted by atomic mass is 9.90. The molecule has 0 amide bonds. The third-order valence-electron chi connectivity index (χ3n) is 3.19. The lowest BCUT2D eigenvalue weighted by molar-refractivity contribution is 0.197. The van der Waals surface area contributed by atoms with Crippen LogP contribution in [0.1, 0.15) is 39.5 Å². The molecule has 1 saturated carbocycles. The molecule has 0 bridgehead atoms. The van der Waals surface area contributed by atoms with Crippen LogP contribution in [0.5, 0.6) is 0 Å². The second kappa shape index (κ2) is 5.72. The minimum Gasteiger partial charge on any atom is -0.314 e. The minimum atomic E-state index is 0.763. The highest BCUT2D eigenvalue weighted by Crippen LogP contribution is 2.21. The van der Waals surface area contributed by atoms with E-state index in [0.717, 1.165) is 18.0 Å². The Morgan fingerprint density at radius 2 is 2.00 bits per heavy atom. The van der Waals surface area contributed by atoms with Crippen LogP contribution in [0.2, 0.25) is 0 Å². The van der Waals surface area contributed by atoms with Gasteiger partial charge in [-0.25, -0.2) is 0 Å². The Morgan fingerprint density at radius 1 is 1.29 bits per heavy atom. The number of hydrogen-bond donors (Lipinski definition) is 1. The molecule has 0 saturated heterocycles.